The zero-order valence-corrected chi connectivity index (χ0v) is 16.8. The minimum Gasteiger partial charge on any atom is -0.380 e. The normalized spacial score (nSPS) is 11.2. The largest absolute Gasteiger partial charge is 0.380 e. The lowest BCUT2D eigenvalue weighted by atomic mass is 10.0. The zero-order valence-electron chi connectivity index (χ0n) is 14.5. The first-order valence-electron chi connectivity index (χ1n) is 7.82. The number of nitrogens with two attached hydrogens (primary N) is 1. The maximum atomic E-state index is 5.98. The maximum absolute atomic E-state index is 5.98. The molecule has 0 aliphatic rings. The van der Waals surface area contributed by atoms with E-state index in [9.17, 15) is 0 Å². The van der Waals surface area contributed by atoms with Crippen LogP contribution in [0.5, 0.6) is 0 Å². The minimum atomic E-state index is 0. The Hall–Kier alpha value is -1.60. The van der Waals surface area contributed by atoms with Gasteiger partial charge in [-0.3, -0.25) is 0 Å². The molecule has 0 aliphatic heterocycles. The van der Waals surface area contributed by atoms with Crippen LogP contribution in [0.3, 0.4) is 0 Å². The molecule has 24 heavy (non-hydrogen) atoms. The summed E-state index contributed by atoms with van der Waals surface area (Å²) in [7, 11) is 1.69. The molecule has 0 unspecified atom stereocenters. The molecule has 2 rings (SSSR count). The van der Waals surface area contributed by atoms with Gasteiger partial charge < -0.3 is 15.8 Å². The third kappa shape index (κ3) is 6.49. The molecule has 0 fully saturated rings. The highest BCUT2D eigenvalue weighted by Gasteiger charge is 2.01. The number of halogens is 1. The molecule has 0 saturated carbocycles. The van der Waals surface area contributed by atoms with Gasteiger partial charge in [-0.15, -0.1) is 24.0 Å². The number of ether oxygens (including phenoxy) is 1. The Balaban J connectivity index is 0.00000288. The number of guanidine groups is 1. The van der Waals surface area contributed by atoms with Gasteiger partial charge in [0.25, 0.3) is 0 Å². The van der Waals surface area contributed by atoms with Crippen LogP contribution in [-0.2, 0) is 17.9 Å². The van der Waals surface area contributed by atoms with Crippen molar-refractivity contribution in [1.29, 1.82) is 0 Å². The number of methoxy groups -OCH3 is 1. The Morgan fingerprint density at radius 3 is 2.42 bits per heavy atom. The Morgan fingerprint density at radius 1 is 1.12 bits per heavy atom. The fourth-order valence-corrected chi connectivity index (χ4v) is 2.25. The van der Waals surface area contributed by atoms with E-state index >= 15 is 0 Å². The minimum absolute atomic E-state index is 0. The van der Waals surface area contributed by atoms with Crippen molar-refractivity contribution in [3.8, 4) is 0 Å². The number of hydrogen-bond acceptors (Lipinski definition) is 2. The number of nitrogens with zero attached hydrogens (tertiary/aromatic N) is 1. The van der Waals surface area contributed by atoms with Crippen LogP contribution in [-0.4, -0.2) is 13.1 Å². The Labute approximate surface area is 161 Å². The van der Waals surface area contributed by atoms with Gasteiger partial charge in [-0.2, -0.15) is 0 Å². The molecule has 2 aromatic carbocycles. The van der Waals surface area contributed by atoms with E-state index in [1.807, 2.05) is 36.4 Å². The molecule has 0 heterocycles. The summed E-state index contributed by atoms with van der Waals surface area (Å²) in [4.78, 5) is 4.39. The topological polar surface area (TPSA) is 59.6 Å². The molecule has 0 aliphatic carbocycles. The fourth-order valence-electron chi connectivity index (χ4n) is 2.25. The standard InChI is InChI=1S/C19H25N3O.HI/c1-14(2)17-5-4-6-18(11-17)22-19(20)21-12-15-7-9-16(10-8-15)13-23-3;/h4-11,14H,12-13H2,1-3H3,(H3,20,21,22);1H. The number of nitrogens with one attached hydrogen (secondary N) is 1. The van der Waals surface area contributed by atoms with Crippen LogP contribution >= 0.6 is 24.0 Å². The summed E-state index contributed by atoms with van der Waals surface area (Å²) < 4.78 is 5.10. The molecular weight excluding hydrogens is 413 g/mol. The average molecular weight is 439 g/mol. The summed E-state index contributed by atoms with van der Waals surface area (Å²) in [5.41, 5.74) is 10.5. The van der Waals surface area contributed by atoms with Crippen LogP contribution in [0, 0.1) is 0 Å². The van der Waals surface area contributed by atoms with E-state index in [0.29, 0.717) is 25.0 Å². The molecule has 130 valence electrons. The van der Waals surface area contributed by atoms with Gasteiger partial charge in [0, 0.05) is 12.8 Å². The quantitative estimate of drug-likeness (QED) is 0.396. The van der Waals surface area contributed by atoms with Crippen LogP contribution in [0.15, 0.2) is 53.5 Å². The van der Waals surface area contributed by atoms with Crippen LogP contribution in [0.25, 0.3) is 0 Å². The van der Waals surface area contributed by atoms with Crippen LogP contribution < -0.4 is 11.1 Å². The predicted octanol–water partition coefficient (Wildman–Crippen LogP) is 4.50. The van der Waals surface area contributed by atoms with Gasteiger partial charge >= 0.3 is 0 Å². The maximum Gasteiger partial charge on any atom is 0.193 e. The number of hydrogen-bond donors (Lipinski definition) is 2. The summed E-state index contributed by atoms with van der Waals surface area (Å²) in [5, 5.41) is 3.15. The first-order valence-corrected chi connectivity index (χ1v) is 7.82. The Morgan fingerprint density at radius 2 is 1.79 bits per heavy atom. The Bertz CT molecular complexity index is 654. The lowest BCUT2D eigenvalue weighted by Crippen LogP contribution is -2.22. The smallest absolute Gasteiger partial charge is 0.193 e. The van der Waals surface area contributed by atoms with Gasteiger partial charge in [0.05, 0.1) is 13.2 Å². The van der Waals surface area contributed by atoms with Gasteiger partial charge in [0.15, 0.2) is 5.96 Å². The van der Waals surface area contributed by atoms with Crippen molar-refractivity contribution in [2.45, 2.75) is 32.9 Å². The van der Waals surface area contributed by atoms with Crippen molar-refractivity contribution in [1.82, 2.24) is 0 Å². The molecule has 3 N–H and O–H groups in total. The van der Waals surface area contributed by atoms with Gasteiger partial charge in [-0.1, -0.05) is 50.2 Å². The summed E-state index contributed by atoms with van der Waals surface area (Å²) in [6.45, 7) is 5.52. The lowest BCUT2D eigenvalue weighted by Gasteiger charge is -2.10. The number of benzene rings is 2. The number of aliphatic imine (C=N–C) groups is 1. The fraction of sp³-hybridized carbons (Fsp3) is 0.316. The SMILES string of the molecule is COCc1ccc(CN=C(N)Nc2cccc(C(C)C)c2)cc1.I. The highest BCUT2D eigenvalue weighted by atomic mass is 127. The number of anilines is 1. The first kappa shape index (κ1) is 20.4. The van der Waals surface area contributed by atoms with Crippen molar-refractivity contribution < 1.29 is 4.74 Å². The van der Waals surface area contributed by atoms with Gasteiger partial charge in [-0.05, 0) is 34.7 Å². The second-order valence-electron chi connectivity index (χ2n) is 5.86. The van der Waals surface area contributed by atoms with E-state index in [-0.39, 0.29) is 24.0 Å². The third-order valence-corrected chi connectivity index (χ3v) is 3.59. The molecule has 0 saturated heterocycles. The molecular formula is C19H26IN3O. The van der Waals surface area contributed by atoms with Crippen LogP contribution in [0.4, 0.5) is 5.69 Å². The van der Waals surface area contributed by atoms with Crippen molar-refractivity contribution >= 4 is 35.6 Å². The van der Waals surface area contributed by atoms with E-state index in [4.69, 9.17) is 10.5 Å². The van der Waals surface area contributed by atoms with E-state index in [0.717, 1.165) is 16.8 Å². The monoisotopic (exact) mass is 439 g/mol. The van der Waals surface area contributed by atoms with E-state index in [2.05, 4.69) is 36.3 Å². The molecule has 4 nitrogen and oxygen atoms in total. The summed E-state index contributed by atoms with van der Waals surface area (Å²) in [5.74, 6) is 0.910. The molecule has 0 aromatic heterocycles. The highest BCUT2D eigenvalue weighted by molar-refractivity contribution is 14.0. The predicted molar refractivity (Wildman–Crippen MR) is 112 cm³/mol. The summed E-state index contributed by atoms with van der Waals surface area (Å²) in [6, 6.07) is 16.4. The lowest BCUT2D eigenvalue weighted by molar-refractivity contribution is 0.185. The Kier molecular flexibility index (Phi) is 8.78. The van der Waals surface area contributed by atoms with Gasteiger partial charge in [0.2, 0.25) is 0 Å². The molecule has 0 spiro atoms. The summed E-state index contributed by atoms with van der Waals surface area (Å²) in [6.07, 6.45) is 0. The van der Waals surface area contributed by atoms with Crippen molar-refractivity contribution in [2.24, 2.45) is 10.7 Å². The van der Waals surface area contributed by atoms with Gasteiger partial charge in [-0.25, -0.2) is 4.99 Å². The van der Waals surface area contributed by atoms with Crippen molar-refractivity contribution in [3.63, 3.8) is 0 Å². The molecule has 0 bridgehead atoms. The molecule has 0 radical (unpaired) electrons. The van der Waals surface area contributed by atoms with Crippen molar-refractivity contribution in [3.05, 3.63) is 65.2 Å². The average Bonchev–Trinajstić information content (AvgIpc) is 2.55. The molecule has 0 amide bonds. The van der Waals surface area contributed by atoms with Crippen LogP contribution in [0.1, 0.15) is 36.5 Å². The van der Waals surface area contributed by atoms with Crippen LogP contribution in [0.2, 0.25) is 0 Å². The number of rotatable bonds is 6. The second-order valence-corrected chi connectivity index (χ2v) is 5.86. The molecule has 0 atom stereocenters. The first-order chi connectivity index (χ1) is 11.1. The van der Waals surface area contributed by atoms with E-state index in [1.54, 1.807) is 7.11 Å². The van der Waals surface area contributed by atoms with E-state index in [1.165, 1.54) is 5.56 Å². The highest BCUT2D eigenvalue weighted by Crippen LogP contribution is 2.18. The van der Waals surface area contributed by atoms with Crippen molar-refractivity contribution in [2.75, 3.05) is 12.4 Å². The van der Waals surface area contributed by atoms with Gasteiger partial charge in [0.1, 0.15) is 0 Å². The second kappa shape index (κ2) is 10.3. The molecule has 5 heteroatoms. The zero-order chi connectivity index (χ0) is 16.7. The summed E-state index contributed by atoms with van der Waals surface area (Å²) >= 11 is 0. The molecule has 2 aromatic rings. The van der Waals surface area contributed by atoms with E-state index < -0.39 is 0 Å². The third-order valence-electron chi connectivity index (χ3n) is 3.59.